The zero-order valence-corrected chi connectivity index (χ0v) is 17.5. The number of aryl methyl sites for hydroxylation is 1. The topological polar surface area (TPSA) is 108 Å². The van der Waals surface area contributed by atoms with E-state index in [1.54, 1.807) is 12.1 Å². The van der Waals surface area contributed by atoms with Crippen molar-refractivity contribution in [2.45, 2.75) is 31.4 Å². The number of nitrogens with zero attached hydrogens (tertiary/aromatic N) is 2. The second-order valence-electron chi connectivity index (χ2n) is 7.44. The summed E-state index contributed by atoms with van der Waals surface area (Å²) in [7, 11) is -3.75. The molecule has 0 spiro atoms. The number of benzene rings is 1. The van der Waals surface area contributed by atoms with Crippen LogP contribution >= 0.6 is 0 Å². The number of furan rings is 1. The molecule has 0 saturated carbocycles. The second kappa shape index (κ2) is 8.45. The molecule has 4 rings (SSSR count). The highest BCUT2D eigenvalue weighted by Gasteiger charge is 2.34. The second-order valence-corrected chi connectivity index (χ2v) is 9.31. The van der Waals surface area contributed by atoms with Gasteiger partial charge in [0.05, 0.1) is 0 Å². The summed E-state index contributed by atoms with van der Waals surface area (Å²) in [6, 6.07) is 14.5. The van der Waals surface area contributed by atoms with E-state index in [0.29, 0.717) is 30.8 Å². The maximum atomic E-state index is 12.9. The van der Waals surface area contributed by atoms with Crippen LogP contribution in [0, 0.1) is 12.8 Å². The first-order chi connectivity index (χ1) is 14.4. The summed E-state index contributed by atoms with van der Waals surface area (Å²) in [6.07, 6.45) is 0.956. The van der Waals surface area contributed by atoms with Gasteiger partial charge in [-0.3, -0.25) is 9.89 Å². The number of hydrogen-bond acceptors (Lipinski definition) is 5. The van der Waals surface area contributed by atoms with E-state index in [0.717, 1.165) is 11.3 Å². The van der Waals surface area contributed by atoms with Gasteiger partial charge in [0.15, 0.2) is 5.76 Å². The monoisotopic (exact) mass is 428 g/mol. The van der Waals surface area contributed by atoms with Crippen molar-refractivity contribution in [2.75, 3.05) is 13.1 Å². The van der Waals surface area contributed by atoms with Gasteiger partial charge in [0.25, 0.3) is 10.0 Å². The molecule has 158 valence electrons. The predicted octanol–water partition coefficient (Wildman–Crippen LogP) is 2.70. The Kier molecular flexibility index (Phi) is 5.74. The lowest BCUT2D eigenvalue weighted by atomic mass is 9.97. The molecule has 0 atom stereocenters. The van der Waals surface area contributed by atoms with Crippen molar-refractivity contribution >= 4 is 15.9 Å². The fourth-order valence-corrected chi connectivity index (χ4v) is 4.94. The van der Waals surface area contributed by atoms with Gasteiger partial charge in [0, 0.05) is 31.2 Å². The molecule has 1 fully saturated rings. The van der Waals surface area contributed by atoms with Gasteiger partial charge in [0.2, 0.25) is 11.0 Å². The third-order valence-electron chi connectivity index (χ3n) is 5.27. The normalized spacial score (nSPS) is 15.9. The molecule has 3 aromatic rings. The van der Waals surface area contributed by atoms with Gasteiger partial charge in [-0.05, 0) is 43.5 Å². The number of H-pyrrole nitrogens is 1. The lowest BCUT2D eigenvalue weighted by Gasteiger charge is -2.29. The number of amides is 1. The molecule has 1 amide bonds. The highest BCUT2D eigenvalue weighted by molar-refractivity contribution is 7.89. The van der Waals surface area contributed by atoms with E-state index >= 15 is 0 Å². The van der Waals surface area contributed by atoms with Crippen molar-refractivity contribution in [2.24, 2.45) is 5.92 Å². The Bertz CT molecular complexity index is 1110. The van der Waals surface area contributed by atoms with Crippen LogP contribution in [0.4, 0.5) is 0 Å². The maximum absolute atomic E-state index is 12.9. The molecule has 1 aliphatic rings. The molecule has 0 unspecified atom stereocenters. The molecule has 1 saturated heterocycles. The highest BCUT2D eigenvalue weighted by atomic mass is 32.2. The Morgan fingerprint density at radius 2 is 1.93 bits per heavy atom. The highest BCUT2D eigenvalue weighted by Crippen LogP contribution is 2.28. The van der Waals surface area contributed by atoms with Crippen LogP contribution in [0.5, 0.6) is 0 Å². The Morgan fingerprint density at radius 3 is 2.60 bits per heavy atom. The fourth-order valence-electron chi connectivity index (χ4n) is 3.56. The molecular formula is C21H24N4O4S. The first-order valence-corrected chi connectivity index (χ1v) is 11.3. The van der Waals surface area contributed by atoms with E-state index in [-0.39, 0.29) is 30.0 Å². The van der Waals surface area contributed by atoms with Crippen LogP contribution in [-0.4, -0.2) is 41.9 Å². The summed E-state index contributed by atoms with van der Waals surface area (Å²) >= 11 is 0. The zero-order valence-electron chi connectivity index (χ0n) is 16.7. The Hall–Kier alpha value is -2.91. The summed E-state index contributed by atoms with van der Waals surface area (Å²) < 4.78 is 32.8. The standard InChI is InChI=1S/C21H24N4O4S/c1-15-13-18(24-23-15)19-7-8-20(29-19)30(27,28)25-11-9-17(10-12-25)21(26)22-14-16-5-3-2-4-6-16/h2-8,13,17H,9-12,14H2,1H3,(H,22,26)(H,23,24). The van der Waals surface area contributed by atoms with E-state index in [4.69, 9.17) is 4.42 Å². The average Bonchev–Trinajstić information content (AvgIpc) is 3.42. The number of sulfonamides is 1. The third kappa shape index (κ3) is 4.31. The van der Waals surface area contributed by atoms with Crippen molar-refractivity contribution < 1.29 is 17.6 Å². The van der Waals surface area contributed by atoms with Crippen LogP contribution in [-0.2, 0) is 21.4 Å². The number of aromatic nitrogens is 2. The number of hydrogen-bond donors (Lipinski definition) is 2. The van der Waals surface area contributed by atoms with Crippen LogP contribution in [0.2, 0.25) is 0 Å². The molecule has 0 bridgehead atoms. The van der Waals surface area contributed by atoms with Gasteiger partial charge >= 0.3 is 0 Å². The first kappa shape index (κ1) is 20.4. The number of rotatable bonds is 6. The quantitative estimate of drug-likeness (QED) is 0.628. The first-order valence-electron chi connectivity index (χ1n) is 9.87. The number of piperidine rings is 1. The van der Waals surface area contributed by atoms with Crippen LogP contribution in [0.25, 0.3) is 11.5 Å². The molecule has 0 radical (unpaired) electrons. The smallest absolute Gasteiger partial charge is 0.276 e. The molecule has 30 heavy (non-hydrogen) atoms. The van der Waals surface area contributed by atoms with Gasteiger partial charge in [-0.1, -0.05) is 30.3 Å². The van der Waals surface area contributed by atoms with Crippen LogP contribution in [0.3, 0.4) is 0 Å². The average molecular weight is 429 g/mol. The molecule has 1 aromatic carbocycles. The van der Waals surface area contributed by atoms with Crippen molar-refractivity contribution in [1.82, 2.24) is 19.8 Å². The van der Waals surface area contributed by atoms with E-state index in [2.05, 4.69) is 15.5 Å². The number of carbonyl (C=O) groups excluding carboxylic acids is 1. The van der Waals surface area contributed by atoms with Gasteiger partial charge in [0.1, 0.15) is 5.69 Å². The van der Waals surface area contributed by atoms with Gasteiger partial charge in [-0.25, -0.2) is 8.42 Å². The SMILES string of the molecule is Cc1cc(-c2ccc(S(=O)(=O)N3CCC(C(=O)NCc4ccccc4)CC3)o2)n[nH]1. The minimum Gasteiger partial charge on any atom is -0.442 e. The van der Waals surface area contributed by atoms with E-state index < -0.39 is 10.0 Å². The summed E-state index contributed by atoms with van der Waals surface area (Å²) in [5.74, 6) is 0.164. The Balaban J connectivity index is 1.35. The van der Waals surface area contributed by atoms with Gasteiger partial charge in [-0.15, -0.1) is 0 Å². The minimum absolute atomic E-state index is 0.0370. The van der Waals surface area contributed by atoms with Crippen molar-refractivity contribution in [3.63, 3.8) is 0 Å². The van der Waals surface area contributed by atoms with Crippen LogP contribution < -0.4 is 5.32 Å². The molecule has 1 aliphatic heterocycles. The van der Waals surface area contributed by atoms with E-state index in [9.17, 15) is 13.2 Å². The van der Waals surface area contributed by atoms with Crippen molar-refractivity contribution in [3.05, 3.63) is 59.8 Å². The molecule has 3 heterocycles. The summed E-state index contributed by atoms with van der Waals surface area (Å²) in [5, 5.41) is 9.73. The molecule has 9 heteroatoms. The molecule has 2 N–H and O–H groups in total. The van der Waals surface area contributed by atoms with Crippen LogP contribution in [0.15, 0.2) is 58.0 Å². The lowest BCUT2D eigenvalue weighted by molar-refractivity contribution is -0.126. The van der Waals surface area contributed by atoms with Crippen LogP contribution in [0.1, 0.15) is 24.1 Å². The molecule has 2 aromatic heterocycles. The van der Waals surface area contributed by atoms with Crippen molar-refractivity contribution in [3.8, 4) is 11.5 Å². The number of nitrogens with one attached hydrogen (secondary N) is 2. The largest absolute Gasteiger partial charge is 0.442 e. The van der Waals surface area contributed by atoms with Gasteiger partial charge < -0.3 is 9.73 Å². The predicted molar refractivity (Wildman–Crippen MR) is 111 cm³/mol. The van der Waals surface area contributed by atoms with Gasteiger partial charge in [-0.2, -0.15) is 9.40 Å². The molecule has 0 aliphatic carbocycles. The molecular weight excluding hydrogens is 404 g/mol. The lowest BCUT2D eigenvalue weighted by Crippen LogP contribution is -2.42. The third-order valence-corrected chi connectivity index (χ3v) is 7.04. The minimum atomic E-state index is -3.75. The molecule has 8 nitrogen and oxygen atoms in total. The summed E-state index contributed by atoms with van der Waals surface area (Å²) in [6.45, 7) is 2.89. The van der Waals surface area contributed by atoms with Crippen molar-refractivity contribution in [1.29, 1.82) is 0 Å². The summed E-state index contributed by atoms with van der Waals surface area (Å²) in [5.41, 5.74) is 2.45. The number of carbonyl (C=O) groups is 1. The Morgan fingerprint density at radius 1 is 1.20 bits per heavy atom. The number of aromatic amines is 1. The van der Waals surface area contributed by atoms with E-state index in [1.807, 2.05) is 37.3 Å². The summed E-state index contributed by atoms with van der Waals surface area (Å²) in [4.78, 5) is 12.5. The zero-order chi connectivity index (χ0) is 21.1. The Labute approximate surface area is 175 Å². The fraction of sp³-hybridized carbons (Fsp3) is 0.333. The van der Waals surface area contributed by atoms with E-state index in [1.165, 1.54) is 10.4 Å². The maximum Gasteiger partial charge on any atom is 0.276 e.